The summed E-state index contributed by atoms with van der Waals surface area (Å²) in [5, 5.41) is 1.31. The number of hydrogen-bond donors (Lipinski definition) is 3. The second kappa shape index (κ2) is 4.04. The maximum atomic E-state index is 10.5. The zero-order valence-electron chi connectivity index (χ0n) is 6.61. The van der Waals surface area contributed by atoms with E-state index >= 15 is 0 Å². The van der Waals surface area contributed by atoms with Gasteiger partial charge in [-0.05, 0) is 6.08 Å². The van der Waals surface area contributed by atoms with Crippen molar-refractivity contribution in [1.82, 2.24) is 5.32 Å². The Balaban J connectivity index is 5.17. The Morgan fingerprint density at radius 1 is 1.21 bits per heavy atom. The standard InChI is InChI=1S/C4H7NO7S2/c1-2-3(6)5-4(13(7,8)9)14(10,11)12/h2,4H,1H2,(H,5,6)(H,7,8,9)(H,10,11,12). The van der Waals surface area contributed by atoms with E-state index in [0.29, 0.717) is 6.08 Å². The van der Waals surface area contributed by atoms with Gasteiger partial charge in [0.25, 0.3) is 4.71 Å². The minimum absolute atomic E-state index is 0.573. The molecule has 0 radical (unpaired) electrons. The van der Waals surface area contributed by atoms with E-state index in [4.69, 9.17) is 9.11 Å². The van der Waals surface area contributed by atoms with E-state index in [1.807, 2.05) is 0 Å². The molecule has 3 N–H and O–H groups in total. The van der Waals surface area contributed by atoms with Crippen LogP contribution in [0.1, 0.15) is 0 Å². The van der Waals surface area contributed by atoms with Crippen molar-refractivity contribution in [1.29, 1.82) is 0 Å². The number of carbonyl (C=O) groups excluding carboxylic acids is 1. The molecule has 0 aliphatic rings. The summed E-state index contributed by atoms with van der Waals surface area (Å²) in [6, 6.07) is 0. The average molecular weight is 245 g/mol. The number of nitrogens with one attached hydrogen (secondary N) is 1. The highest BCUT2D eigenvalue weighted by molar-refractivity contribution is 8.03. The van der Waals surface area contributed by atoms with Crippen molar-refractivity contribution in [2.45, 2.75) is 4.71 Å². The maximum absolute atomic E-state index is 10.5. The third-order valence-corrected chi connectivity index (χ3v) is 3.76. The molecule has 82 valence electrons. The van der Waals surface area contributed by atoms with Crippen LogP contribution in [0.4, 0.5) is 0 Å². The zero-order valence-corrected chi connectivity index (χ0v) is 8.25. The largest absolute Gasteiger partial charge is 0.320 e. The molecule has 0 heterocycles. The summed E-state index contributed by atoms with van der Waals surface area (Å²) in [5.74, 6) is -1.18. The first-order chi connectivity index (χ1) is 6.09. The fourth-order valence-corrected chi connectivity index (χ4v) is 2.24. The Kier molecular flexibility index (Phi) is 3.76. The van der Waals surface area contributed by atoms with Gasteiger partial charge >= 0.3 is 20.2 Å². The Morgan fingerprint density at radius 2 is 1.57 bits per heavy atom. The molecular formula is C4H7NO7S2. The van der Waals surface area contributed by atoms with Crippen molar-refractivity contribution in [3.05, 3.63) is 12.7 Å². The Hall–Kier alpha value is -0.970. The monoisotopic (exact) mass is 245 g/mol. The Morgan fingerprint density at radius 3 is 1.79 bits per heavy atom. The first kappa shape index (κ1) is 13.0. The van der Waals surface area contributed by atoms with Gasteiger partial charge in [0.05, 0.1) is 0 Å². The Labute approximate surface area is 80.1 Å². The second-order valence-electron chi connectivity index (χ2n) is 2.07. The van der Waals surface area contributed by atoms with Crippen molar-refractivity contribution in [3.8, 4) is 0 Å². The quantitative estimate of drug-likeness (QED) is 0.398. The lowest BCUT2D eigenvalue weighted by Gasteiger charge is -2.10. The van der Waals surface area contributed by atoms with Crippen LogP contribution < -0.4 is 5.32 Å². The predicted molar refractivity (Wildman–Crippen MR) is 45.2 cm³/mol. The molecule has 8 nitrogen and oxygen atoms in total. The zero-order chi connectivity index (χ0) is 11.6. The van der Waals surface area contributed by atoms with Crippen molar-refractivity contribution < 1.29 is 30.7 Å². The minimum atomic E-state index is -5.15. The summed E-state index contributed by atoms with van der Waals surface area (Å²) >= 11 is 0. The van der Waals surface area contributed by atoms with E-state index in [-0.39, 0.29) is 0 Å². The molecular weight excluding hydrogens is 238 g/mol. The summed E-state index contributed by atoms with van der Waals surface area (Å²) in [6.45, 7) is 2.91. The van der Waals surface area contributed by atoms with Gasteiger partial charge < -0.3 is 5.32 Å². The SMILES string of the molecule is C=CC(=O)NC(S(=O)(=O)O)S(=O)(=O)O. The van der Waals surface area contributed by atoms with Crippen LogP contribution in [-0.2, 0) is 25.0 Å². The number of rotatable bonds is 4. The van der Waals surface area contributed by atoms with Gasteiger partial charge in [0.15, 0.2) is 0 Å². The van der Waals surface area contributed by atoms with E-state index in [1.165, 1.54) is 5.32 Å². The summed E-state index contributed by atoms with van der Waals surface area (Å²) < 4.78 is 55.5. The highest BCUT2D eigenvalue weighted by atomic mass is 32.3. The molecule has 0 aromatic rings. The molecule has 0 spiro atoms. The maximum Gasteiger partial charge on any atom is 0.303 e. The highest BCUT2D eigenvalue weighted by Crippen LogP contribution is 2.02. The molecule has 10 heteroatoms. The fourth-order valence-electron chi connectivity index (χ4n) is 0.478. The average Bonchev–Trinajstić information content (AvgIpc) is 1.95. The third-order valence-electron chi connectivity index (χ3n) is 0.987. The van der Waals surface area contributed by atoms with Crippen LogP contribution >= 0.6 is 0 Å². The van der Waals surface area contributed by atoms with E-state index in [0.717, 1.165) is 0 Å². The van der Waals surface area contributed by atoms with Gasteiger partial charge in [-0.3, -0.25) is 13.9 Å². The molecule has 0 fully saturated rings. The van der Waals surface area contributed by atoms with E-state index in [1.54, 1.807) is 0 Å². The van der Waals surface area contributed by atoms with E-state index in [9.17, 15) is 21.6 Å². The minimum Gasteiger partial charge on any atom is -0.320 e. The normalized spacial score (nSPS) is 12.5. The van der Waals surface area contributed by atoms with Crippen molar-refractivity contribution in [2.75, 3.05) is 0 Å². The topological polar surface area (TPSA) is 138 Å². The molecule has 0 bridgehead atoms. The van der Waals surface area contributed by atoms with Crippen LogP contribution in [0.5, 0.6) is 0 Å². The molecule has 0 aliphatic carbocycles. The molecule has 0 rings (SSSR count). The molecule has 0 saturated heterocycles. The fraction of sp³-hybridized carbons (Fsp3) is 0.250. The molecule has 1 amide bonds. The lowest BCUT2D eigenvalue weighted by molar-refractivity contribution is -0.116. The number of hydrogen-bond acceptors (Lipinski definition) is 5. The molecule has 0 aromatic heterocycles. The lowest BCUT2D eigenvalue weighted by Crippen LogP contribution is -2.45. The summed E-state index contributed by atoms with van der Waals surface area (Å²) in [7, 11) is -10.3. The third kappa shape index (κ3) is 3.83. The smallest absolute Gasteiger partial charge is 0.303 e. The van der Waals surface area contributed by atoms with Gasteiger partial charge in [0.1, 0.15) is 0 Å². The van der Waals surface area contributed by atoms with Crippen LogP contribution in [0.2, 0.25) is 0 Å². The molecule has 0 atom stereocenters. The van der Waals surface area contributed by atoms with Crippen molar-refractivity contribution >= 4 is 26.1 Å². The second-order valence-corrected chi connectivity index (χ2v) is 5.38. The van der Waals surface area contributed by atoms with Gasteiger partial charge in [-0.2, -0.15) is 16.8 Å². The van der Waals surface area contributed by atoms with Crippen LogP contribution in [0, 0.1) is 0 Å². The molecule has 0 unspecified atom stereocenters. The number of amides is 1. The van der Waals surface area contributed by atoms with Gasteiger partial charge in [0.2, 0.25) is 5.91 Å². The Bertz CT molecular complexity index is 400. The van der Waals surface area contributed by atoms with Crippen molar-refractivity contribution in [3.63, 3.8) is 0 Å². The van der Waals surface area contributed by atoms with Gasteiger partial charge in [-0.25, -0.2) is 0 Å². The van der Waals surface area contributed by atoms with Crippen LogP contribution in [0.25, 0.3) is 0 Å². The molecule has 14 heavy (non-hydrogen) atoms. The van der Waals surface area contributed by atoms with Gasteiger partial charge in [-0.15, -0.1) is 0 Å². The van der Waals surface area contributed by atoms with Crippen molar-refractivity contribution in [2.24, 2.45) is 0 Å². The van der Waals surface area contributed by atoms with Gasteiger partial charge in [0, 0.05) is 0 Å². The van der Waals surface area contributed by atoms with E-state index in [2.05, 4.69) is 6.58 Å². The summed E-state index contributed by atoms with van der Waals surface area (Å²) in [5.41, 5.74) is 0. The van der Waals surface area contributed by atoms with Crippen LogP contribution in [0.3, 0.4) is 0 Å². The highest BCUT2D eigenvalue weighted by Gasteiger charge is 2.36. The first-order valence-electron chi connectivity index (χ1n) is 2.94. The van der Waals surface area contributed by atoms with Gasteiger partial charge in [-0.1, -0.05) is 6.58 Å². The summed E-state index contributed by atoms with van der Waals surface area (Å²) in [4.78, 5) is 10.5. The van der Waals surface area contributed by atoms with Crippen LogP contribution in [0.15, 0.2) is 12.7 Å². The molecule has 0 saturated carbocycles. The predicted octanol–water partition coefficient (Wildman–Crippen LogP) is -1.65. The number of carbonyl (C=O) groups is 1. The van der Waals surface area contributed by atoms with E-state index < -0.39 is 30.8 Å². The molecule has 0 aromatic carbocycles. The first-order valence-corrected chi connectivity index (χ1v) is 5.95. The molecule has 0 aliphatic heterocycles. The van der Waals surface area contributed by atoms with Crippen LogP contribution in [-0.4, -0.2) is 36.6 Å². The summed E-state index contributed by atoms with van der Waals surface area (Å²) in [6.07, 6.45) is 0.573. The lowest BCUT2D eigenvalue weighted by atomic mass is 10.6.